The predicted molar refractivity (Wildman–Crippen MR) is 120 cm³/mol. The van der Waals surface area contributed by atoms with Gasteiger partial charge in [0, 0.05) is 30.9 Å². The Bertz CT molecular complexity index is 1170. The van der Waals surface area contributed by atoms with Crippen molar-refractivity contribution in [2.24, 2.45) is 0 Å². The molecule has 158 valence electrons. The van der Waals surface area contributed by atoms with Crippen LogP contribution in [0.1, 0.15) is 5.56 Å². The fraction of sp³-hybridized carbons (Fsp3) is 0.261. The number of nitrogens with zero attached hydrogens (tertiary/aromatic N) is 5. The number of aromatic nitrogens is 4. The maximum absolute atomic E-state index is 5.44. The highest BCUT2D eigenvalue weighted by atomic mass is 16.5. The number of rotatable bonds is 6. The summed E-state index contributed by atoms with van der Waals surface area (Å²) in [5.74, 6) is 2.30. The van der Waals surface area contributed by atoms with E-state index in [0.29, 0.717) is 18.0 Å². The first-order chi connectivity index (χ1) is 15.3. The van der Waals surface area contributed by atoms with Crippen molar-refractivity contribution in [1.82, 2.24) is 19.8 Å². The third-order valence-electron chi connectivity index (χ3n) is 5.37. The molecule has 4 aromatic rings. The largest absolute Gasteiger partial charge is 0.497 e. The van der Waals surface area contributed by atoms with Crippen LogP contribution in [-0.2, 0) is 11.3 Å². The van der Waals surface area contributed by atoms with Gasteiger partial charge in [0.1, 0.15) is 11.6 Å². The molecule has 0 amide bonds. The zero-order valence-electron chi connectivity index (χ0n) is 17.4. The van der Waals surface area contributed by atoms with E-state index in [-0.39, 0.29) is 0 Å². The minimum absolute atomic E-state index is 0.640. The van der Waals surface area contributed by atoms with Crippen LogP contribution in [0.25, 0.3) is 17.0 Å². The topological polar surface area (TPSA) is 76.8 Å². The van der Waals surface area contributed by atoms with Gasteiger partial charge in [0.05, 0.1) is 20.3 Å². The van der Waals surface area contributed by atoms with Crippen molar-refractivity contribution >= 4 is 17.2 Å². The lowest BCUT2D eigenvalue weighted by molar-refractivity contribution is 0.122. The summed E-state index contributed by atoms with van der Waals surface area (Å²) >= 11 is 0. The van der Waals surface area contributed by atoms with E-state index in [2.05, 4.69) is 44.7 Å². The van der Waals surface area contributed by atoms with Crippen LogP contribution in [0.3, 0.4) is 0 Å². The van der Waals surface area contributed by atoms with Crippen LogP contribution in [0.4, 0.5) is 11.5 Å². The molecule has 3 heterocycles. The SMILES string of the molecule is COc1cccc(CNc2ccc3nnc(-c4ccc(N5CCOCC5)cc4)n3n2)c1. The van der Waals surface area contributed by atoms with Crippen molar-refractivity contribution in [2.45, 2.75) is 6.54 Å². The Balaban J connectivity index is 1.36. The Hall–Kier alpha value is -3.65. The zero-order chi connectivity index (χ0) is 21.0. The van der Waals surface area contributed by atoms with Gasteiger partial charge in [-0.25, -0.2) is 0 Å². The molecule has 1 fully saturated rings. The van der Waals surface area contributed by atoms with Crippen LogP contribution >= 0.6 is 0 Å². The summed E-state index contributed by atoms with van der Waals surface area (Å²) in [5, 5.41) is 16.7. The molecule has 0 bridgehead atoms. The van der Waals surface area contributed by atoms with Gasteiger partial charge < -0.3 is 19.7 Å². The van der Waals surface area contributed by atoms with E-state index in [9.17, 15) is 0 Å². The summed E-state index contributed by atoms with van der Waals surface area (Å²) in [6, 6.07) is 20.2. The number of nitrogens with one attached hydrogen (secondary N) is 1. The Morgan fingerprint density at radius 3 is 2.65 bits per heavy atom. The Labute approximate surface area is 180 Å². The first-order valence-corrected chi connectivity index (χ1v) is 10.3. The van der Waals surface area contributed by atoms with Crippen molar-refractivity contribution in [3.63, 3.8) is 0 Å². The summed E-state index contributed by atoms with van der Waals surface area (Å²) in [4.78, 5) is 2.33. The van der Waals surface area contributed by atoms with Gasteiger partial charge in [-0.3, -0.25) is 0 Å². The third-order valence-corrected chi connectivity index (χ3v) is 5.37. The number of benzene rings is 2. The molecule has 1 saturated heterocycles. The number of morpholine rings is 1. The molecule has 2 aromatic carbocycles. The van der Waals surface area contributed by atoms with E-state index >= 15 is 0 Å². The second kappa shape index (κ2) is 8.61. The molecule has 0 aliphatic carbocycles. The minimum atomic E-state index is 0.640. The van der Waals surface area contributed by atoms with Crippen LogP contribution in [0.15, 0.2) is 60.7 Å². The first kappa shape index (κ1) is 19.3. The second-order valence-corrected chi connectivity index (χ2v) is 7.36. The van der Waals surface area contributed by atoms with Gasteiger partial charge in [-0.1, -0.05) is 12.1 Å². The molecule has 1 N–H and O–H groups in total. The third kappa shape index (κ3) is 4.15. The maximum atomic E-state index is 5.44. The van der Waals surface area contributed by atoms with E-state index in [0.717, 1.165) is 49.0 Å². The van der Waals surface area contributed by atoms with Crippen molar-refractivity contribution in [3.05, 3.63) is 66.2 Å². The van der Waals surface area contributed by atoms with Crippen molar-refractivity contribution in [1.29, 1.82) is 0 Å². The highest BCUT2D eigenvalue weighted by molar-refractivity contribution is 5.63. The molecule has 31 heavy (non-hydrogen) atoms. The maximum Gasteiger partial charge on any atom is 0.185 e. The van der Waals surface area contributed by atoms with Crippen LogP contribution < -0.4 is 15.0 Å². The molecular formula is C23H24N6O2. The number of methoxy groups -OCH3 is 1. The molecule has 0 unspecified atom stereocenters. The number of hydrogen-bond donors (Lipinski definition) is 1. The molecule has 1 aliphatic heterocycles. The quantitative estimate of drug-likeness (QED) is 0.517. The highest BCUT2D eigenvalue weighted by Gasteiger charge is 2.13. The summed E-state index contributed by atoms with van der Waals surface area (Å²) in [7, 11) is 1.67. The van der Waals surface area contributed by atoms with Gasteiger partial charge in [-0.15, -0.1) is 15.3 Å². The lowest BCUT2D eigenvalue weighted by atomic mass is 10.2. The number of anilines is 2. The van der Waals surface area contributed by atoms with Gasteiger partial charge in [0.25, 0.3) is 0 Å². The van der Waals surface area contributed by atoms with E-state index in [4.69, 9.17) is 14.6 Å². The average Bonchev–Trinajstić information content (AvgIpc) is 3.27. The van der Waals surface area contributed by atoms with Crippen molar-refractivity contribution in [2.75, 3.05) is 43.6 Å². The molecule has 0 atom stereocenters. The molecule has 8 nitrogen and oxygen atoms in total. The molecule has 0 spiro atoms. The smallest absolute Gasteiger partial charge is 0.185 e. The summed E-state index contributed by atoms with van der Waals surface area (Å²) in [5.41, 5.74) is 3.99. The fourth-order valence-electron chi connectivity index (χ4n) is 3.68. The van der Waals surface area contributed by atoms with Crippen molar-refractivity contribution < 1.29 is 9.47 Å². The molecular weight excluding hydrogens is 392 g/mol. The van der Waals surface area contributed by atoms with E-state index < -0.39 is 0 Å². The van der Waals surface area contributed by atoms with Gasteiger partial charge >= 0.3 is 0 Å². The molecule has 2 aromatic heterocycles. The van der Waals surface area contributed by atoms with Crippen LogP contribution in [0, 0.1) is 0 Å². The van der Waals surface area contributed by atoms with E-state index in [1.807, 2.05) is 36.4 Å². The Kier molecular flexibility index (Phi) is 5.37. The standard InChI is InChI=1S/C23H24N6O2/c1-30-20-4-2-3-17(15-20)16-24-21-9-10-22-25-26-23(29(22)27-21)18-5-7-19(8-6-18)28-11-13-31-14-12-28/h2-10,15H,11-14,16H2,1H3,(H,24,27). The van der Waals surface area contributed by atoms with Gasteiger partial charge in [-0.05, 0) is 54.1 Å². The van der Waals surface area contributed by atoms with Gasteiger partial charge in [-0.2, -0.15) is 4.52 Å². The van der Waals surface area contributed by atoms with E-state index in [1.165, 1.54) is 5.69 Å². The number of ether oxygens (including phenoxy) is 2. The Morgan fingerprint density at radius 2 is 1.84 bits per heavy atom. The van der Waals surface area contributed by atoms with Crippen LogP contribution in [0.5, 0.6) is 5.75 Å². The lowest BCUT2D eigenvalue weighted by Crippen LogP contribution is -2.36. The molecule has 5 rings (SSSR count). The van der Waals surface area contributed by atoms with Crippen molar-refractivity contribution in [3.8, 4) is 17.1 Å². The summed E-state index contributed by atoms with van der Waals surface area (Å²) in [6.07, 6.45) is 0. The number of hydrogen-bond acceptors (Lipinski definition) is 7. The molecule has 0 radical (unpaired) electrons. The van der Waals surface area contributed by atoms with E-state index in [1.54, 1.807) is 11.6 Å². The van der Waals surface area contributed by atoms with Crippen LogP contribution in [0.2, 0.25) is 0 Å². The summed E-state index contributed by atoms with van der Waals surface area (Å²) < 4.78 is 12.5. The average molecular weight is 416 g/mol. The van der Waals surface area contributed by atoms with Crippen LogP contribution in [-0.4, -0.2) is 53.2 Å². The Morgan fingerprint density at radius 1 is 1.00 bits per heavy atom. The molecule has 0 saturated carbocycles. The monoisotopic (exact) mass is 416 g/mol. The normalized spacial score (nSPS) is 14.0. The minimum Gasteiger partial charge on any atom is -0.497 e. The first-order valence-electron chi connectivity index (χ1n) is 10.3. The highest BCUT2D eigenvalue weighted by Crippen LogP contribution is 2.23. The second-order valence-electron chi connectivity index (χ2n) is 7.36. The lowest BCUT2D eigenvalue weighted by Gasteiger charge is -2.28. The zero-order valence-corrected chi connectivity index (χ0v) is 17.4. The summed E-state index contributed by atoms with van der Waals surface area (Å²) in [6.45, 7) is 4.01. The molecule has 8 heteroatoms. The predicted octanol–water partition coefficient (Wildman–Crippen LogP) is 3.25. The fourth-order valence-corrected chi connectivity index (χ4v) is 3.68. The molecule has 1 aliphatic rings. The van der Waals surface area contributed by atoms with Gasteiger partial charge in [0.2, 0.25) is 0 Å². The van der Waals surface area contributed by atoms with Gasteiger partial charge in [0.15, 0.2) is 11.5 Å². The number of fused-ring (bicyclic) bond motifs is 1.